The first-order valence-electron chi connectivity index (χ1n) is 9.68. The van der Waals surface area contributed by atoms with Crippen molar-refractivity contribution in [2.45, 2.75) is 76.3 Å². The van der Waals surface area contributed by atoms with Gasteiger partial charge in [0.25, 0.3) is 5.91 Å². The van der Waals surface area contributed by atoms with E-state index in [1.807, 2.05) is 29.2 Å². The Bertz CT molecular complexity index is 642. The van der Waals surface area contributed by atoms with E-state index in [2.05, 4.69) is 13.8 Å². The number of esters is 1. The van der Waals surface area contributed by atoms with Crippen LogP contribution in [0.15, 0.2) is 24.3 Å². The van der Waals surface area contributed by atoms with Gasteiger partial charge in [0.15, 0.2) is 6.61 Å². The van der Waals surface area contributed by atoms with Crippen LogP contribution in [0.25, 0.3) is 0 Å². The molecule has 1 aliphatic carbocycles. The first-order valence-corrected chi connectivity index (χ1v) is 10.1. The van der Waals surface area contributed by atoms with Crippen LogP contribution in [0.3, 0.4) is 0 Å². The number of carbonyl (C=O) groups is 2. The predicted octanol–water partition coefficient (Wildman–Crippen LogP) is 4.48. The molecule has 0 unspecified atom stereocenters. The lowest BCUT2D eigenvalue weighted by Gasteiger charge is -2.39. The van der Waals surface area contributed by atoms with Gasteiger partial charge < -0.3 is 9.64 Å². The second kappa shape index (κ2) is 7.99. The number of rotatable bonds is 4. The van der Waals surface area contributed by atoms with Gasteiger partial charge in [0.1, 0.15) is 0 Å². The van der Waals surface area contributed by atoms with Crippen LogP contribution >= 0.6 is 11.6 Å². The van der Waals surface area contributed by atoms with Crippen molar-refractivity contribution in [3.8, 4) is 0 Å². The zero-order valence-electron chi connectivity index (χ0n) is 15.7. The number of benzene rings is 1. The molecule has 0 aromatic heterocycles. The first kappa shape index (κ1) is 19.2. The van der Waals surface area contributed by atoms with Crippen LogP contribution in [0, 0.1) is 0 Å². The molecule has 2 aliphatic rings. The van der Waals surface area contributed by atoms with E-state index in [9.17, 15) is 9.59 Å². The maximum Gasteiger partial charge on any atom is 0.317 e. The molecular formula is C21H28ClNO3. The molecule has 1 saturated carbocycles. The zero-order chi connectivity index (χ0) is 18.7. The Labute approximate surface area is 160 Å². The lowest BCUT2D eigenvalue weighted by atomic mass is 9.79. The van der Waals surface area contributed by atoms with Crippen LogP contribution < -0.4 is 0 Å². The van der Waals surface area contributed by atoms with E-state index in [4.69, 9.17) is 16.3 Å². The molecule has 1 aromatic carbocycles. The van der Waals surface area contributed by atoms with Gasteiger partial charge in [0, 0.05) is 17.1 Å². The number of amides is 1. The van der Waals surface area contributed by atoms with Crippen LogP contribution in [0.4, 0.5) is 0 Å². The summed E-state index contributed by atoms with van der Waals surface area (Å²) in [5.74, 6) is -0.356. The molecule has 0 spiro atoms. The summed E-state index contributed by atoms with van der Waals surface area (Å²) in [4.78, 5) is 27.5. The SMILES string of the molecule is C[C@@H]1CCC[C@@H](C)N1C(=O)COC(=O)C1(c2ccc(Cl)cc2)CCCC1. The number of hydrogen-bond acceptors (Lipinski definition) is 3. The Morgan fingerprint density at radius 1 is 1.08 bits per heavy atom. The van der Waals surface area contributed by atoms with Gasteiger partial charge in [-0.15, -0.1) is 0 Å². The molecule has 5 heteroatoms. The molecule has 1 aliphatic heterocycles. The molecule has 0 N–H and O–H groups in total. The largest absolute Gasteiger partial charge is 0.455 e. The van der Waals surface area contributed by atoms with Crippen molar-refractivity contribution in [3.05, 3.63) is 34.9 Å². The van der Waals surface area contributed by atoms with E-state index < -0.39 is 5.41 Å². The summed E-state index contributed by atoms with van der Waals surface area (Å²) in [5.41, 5.74) is 0.306. The lowest BCUT2D eigenvalue weighted by molar-refractivity contribution is -0.159. The van der Waals surface area contributed by atoms with Gasteiger partial charge in [-0.05, 0) is 63.6 Å². The van der Waals surface area contributed by atoms with E-state index >= 15 is 0 Å². The van der Waals surface area contributed by atoms with Crippen LogP contribution in [-0.2, 0) is 19.7 Å². The standard InChI is InChI=1S/C21H28ClNO3/c1-15-6-5-7-16(2)23(15)19(24)14-26-20(25)21(12-3-4-13-21)17-8-10-18(22)11-9-17/h8-11,15-16H,3-7,12-14H2,1-2H3/t15-,16-/m1/s1. The van der Waals surface area contributed by atoms with Crippen molar-refractivity contribution in [1.82, 2.24) is 4.90 Å². The number of ether oxygens (including phenoxy) is 1. The second-order valence-electron chi connectivity index (χ2n) is 7.80. The smallest absolute Gasteiger partial charge is 0.317 e. The predicted molar refractivity (Wildman–Crippen MR) is 102 cm³/mol. The highest BCUT2D eigenvalue weighted by Crippen LogP contribution is 2.42. The fourth-order valence-electron chi connectivity index (χ4n) is 4.61. The van der Waals surface area contributed by atoms with Gasteiger partial charge in [0.2, 0.25) is 0 Å². The summed E-state index contributed by atoms with van der Waals surface area (Å²) in [6, 6.07) is 7.86. The van der Waals surface area contributed by atoms with Gasteiger partial charge in [-0.25, -0.2) is 0 Å². The first-order chi connectivity index (χ1) is 12.4. The van der Waals surface area contributed by atoms with E-state index in [0.717, 1.165) is 50.5 Å². The highest BCUT2D eigenvalue weighted by Gasteiger charge is 2.44. The highest BCUT2D eigenvalue weighted by atomic mass is 35.5. The van der Waals surface area contributed by atoms with Gasteiger partial charge in [-0.2, -0.15) is 0 Å². The van der Waals surface area contributed by atoms with Crippen LogP contribution in [0.1, 0.15) is 64.4 Å². The summed E-state index contributed by atoms with van der Waals surface area (Å²) in [6.45, 7) is 3.98. The Morgan fingerprint density at radius 2 is 1.65 bits per heavy atom. The molecule has 142 valence electrons. The van der Waals surface area contributed by atoms with Gasteiger partial charge in [0.05, 0.1) is 5.41 Å². The van der Waals surface area contributed by atoms with E-state index in [0.29, 0.717) is 5.02 Å². The minimum Gasteiger partial charge on any atom is -0.455 e. The number of hydrogen-bond donors (Lipinski definition) is 0. The van der Waals surface area contributed by atoms with E-state index in [1.165, 1.54) is 0 Å². The summed E-state index contributed by atoms with van der Waals surface area (Å²) in [5, 5.41) is 0.651. The maximum absolute atomic E-state index is 13.0. The molecule has 2 atom stereocenters. The molecule has 0 bridgehead atoms. The molecule has 1 aromatic rings. The lowest BCUT2D eigenvalue weighted by Crippen LogP contribution is -2.49. The third-order valence-corrected chi connectivity index (χ3v) is 6.30. The van der Waals surface area contributed by atoms with Gasteiger partial charge in [-0.1, -0.05) is 36.6 Å². The number of likely N-dealkylation sites (tertiary alicyclic amines) is 1. The second-order valence-corrected chi connectivity index (χ2v) is 8.24. The normalized spacial score (nSPS) is 25.1. The number of nitrogens with zero attached hydrogens (tertiary/aromatic N) is 1. The summed E-state index contributed by atoms with van der Waals surface area (Å²) in [6.07, 6.45) is 6.68. The molecule has 2 fully saturated rings. The van der Waals surface area contributed by atoms with E-state index in [1.54, 1.807) is 0 Å². The minimum atomic E-state index is -0.635. The molecule has 26 heavy (non-hydrogen) atoms. The van der Waals surface area contributed by atoms with E-state index in [-0.39, 0.29) is 30.6 Å². The third-order valence-electron chi connectivity index (χ3n) is 6.05. The number of halogens is 1. The minimum absolute atomic E-state index is 0.0812. The molecule has 1 amide bonds. The monoisotopic (exact) mass is 377 g/mol. The van der Waals surface area contributed by atoms with Gasteiger partial charge in [-0.3, -0.25) is 9.59 Å². The Balaban J connectivity index is 1.69. The molecule has 4 nitrogen and oxygen atoms in total. The van der Waals surface area contributed by atoms with Crippen LogP contribution in [0.5, 0.6) is 0 Å². The summed E-state index contributed by atoms with van der Waals surface area (Å²) in [7, 11) is 0. The summed E-state index contributed by atoms with van der Waals surface area (Å²) < 4.78 is 5.56. The van der Waals surface area contributed by atoms with Crippen molar-refractivity contribution >= 4 is 23.5 Å². The average Bonchev–Trinajstić information content (AvgIpc) is 3.11. The van der Waals surface area contributed by atoms with Crippen molar-refractivity contribution < 1.29 is 14.3 Å². The fourth-order valence-corrected chi connectivity index (χ4v) is 4.74. The van der Waals surface area contributed by atoms with Gasteiger partial charge >= 0.3 is 5.97 Å². The number of piperidine rings is 1. The molecule has 1 heterocycles. The quantitative estimate of drug-likeness (QED) is 0.726. The van der Waals surface area contributed by atoms with Crippen molar-refractivity contribution in [1.29, 1.82) is 0 Å². The Kier molecular flexibility index (Phi) is 5.91. The number of carbonyl (C=O) groups excluding carboxylic acids is 2. The average molecular weight is 378 g/mol. The van der Waals surface area contributed by atoms with Crippen LogP contribution in [0.2, 0.25) is 5.02 Å². The highest BCUT2D eigenvalue weighted by molar-refractivity contribution is 6.30. The maximum atomic E-state index is 13.0. The Morgan fingerprint density at radius 3 is 2.23 bits per heavy atom. The van der Waals surface area contributed by atoms with Crippen LogP contribution in [-0.4, -0.2) is 35.5 Å². The molecular weight excluding hydrogens is 350 g/mol. The van der Waals surface area contributed by atoms with Crippen molar-refractivity contribution in [3.63, 3.8) is 0 Å². The Hall–Kier alpha value is -1.55. The molecule has 3 rings (SSSR count). The van der Waals surface area contributed by atoms with Crippen molar-refractivity contribution in [2.75, 3.05) is 6.61 Å². The topological polar surface area (TPSA) is 46.6 Å². The zero-order valence-corrected chi connectivity index (χ0v) is 16.4. The fraction of sp³-hybridized carbons (Fsp3) is 0.619. The summed E-state index contributed by atoms with van der Waals surface area (Å²) >= 11 is 5.99. The molecule has 1 saturated heterocycles. The van der Waals surface area contributed by atoms with Crippen molar-refractivity contribution in [2.24, 2.45) is 0 Å². The molecule has 0 radical (unpaired) electrons. The third kappa shape index (κ3) is 3.75.